The molecule has 1 rings (SSSR count). The van der Waals surface area contributed by atoms with Gasteiger partial charge in [-0.15, -0.1) is 0 Å². The molecule has 0 fully saturated rings. The van der Waals surface area contributed by atoms with E-state index in [4.69, 9.17) is 0 Å². The maximum Gasteiger partial charge on any atom is 0.269 e. The molecular formula is C14H22N2O2. The van der Waals surface area contributed by atoms with Crippen LogP contribution in [0.15, 0.2) is 24.3 Å². The molecule has 0 aliphatic carbocycles. The normalized spacial score (nSPS) is 12.3. The molecular weight excluding hydrogens is 228 g/mol. The summed E-state index contributed by atoms with van der Waals surface area (Å²) in [6, 6.07) is 7.33. The quantitative estimate of drug-likeness (QED) is 0.569. The Morgan fingerprint density at radius 1 is 1.33 bits per heavy atom. The topological polar surface area (TPSA) is 55.2 Å². The minimum atomic E-state index is -0.366. The maximum atomic E-state index is 10.5. The van der Waals surface area contributed by atoms with Gasteiger partial charge in [-0.25, -0.2) is 0 Å². The average Bonchev–Trinajstić information content (AvgIpc) is 2.37. The van der Waals surface area contributed by atoms with Gasteiger partial charge in [0.1, 0.15) is 0 Å². The second-order valence-corrected chi connectivity index (χ2v) is 4.67. The lowest BCUT2D eigenvalue weighted by atomic mass is 10.1. The van der Waals surface area contributed by atoms with Gasteiger partial charge in [0.15, 0.2) is 0 Å². The fraction of sp³-hybridized carbons (Fsp3) is 0.571. The first-order chi connectivity index (χ1) is 8.63. The molecule has 1 atom stereocenters. The van der Waals surface area contributed by atoms with Crippen LogP contribution in [0.1, 0.15) is 38.7 Å². The van der Waals surface area contributed by atoms with E-state index >= 15 is 0 Å². The molecule has 0 spiro atoms. The SMILES string of the molecule is CCCCC(C)NCCc1ccc([N+](=O)[O-])cc1. The molecule has 4 nitrogen and oxygen atoms in total. The fourth-order valence-corrected chi connectivity index (χ4v) is 1.86. The van der Waals surface area contributed by atoms with Crippen LogP contribution >= 0.6 is 0 Å². The largest absolute Gasteiger partial charge is 0.314 e. The molecule has 4 heteroatoms. The number of unbranched alkanes of at least 4 members (excludes halogenated alkanes) is 1. The standard InChI is InChI=1S/C14H22N2O2/c1-3-4-5-12(2)15-11-10-13-6-8-14(9-7-13)16(17)18/h6-9,12,15H,3-5,10-11H2,1-2H3. The highest BCUT2D eigenvalue weighted by Gasteiger charge is 2.04. The Morgan fingerprint density at radius 3 is 2.56 bits per heavy atom. The molecule has 100 valence electrons. The third-order valence-electron chi connectivity index (χ3n) is 3.04. The zero-order valence-electron chi connectivity index (χ0n) is 11.2. The van der Waals surface area contributed by atoms with E-state index < -0.39 is 0 Å². The van der Waals surface area contributed by atoms with Crippen LogP contribution in [-0.4, -0.2) is 17.5 Å². The molecule has 1 N–H and O–H groups in total. The molecule has 0 amide bonds. The molecule has 0 saturated carbocycles. The lowest BCUT2D eigenvalue weighted by Crippen LogP contribution is -2.27. The number of nitro benzene ring substituents is 1. The Hall–Kier alpha value is -1.42. The third kappa shape index (κ3) is 5.27. The Bertz CT molecular complexity index is 363. The first-order valence-electron chi connectivity index (χ1n) is 6.60. The minimum absolute atomic E-state index is 0.156. The van der Waals surface area contributed by atoms with Gasteiger partial charge in [-0.3, -0.25) is 10.1 Å². The van der Waals surface area contributed by atoms with E-state index in [-0.39, 0.29) is 10.6 Å². The van der Waals surface area contributed by atoms with Crippen LogP contribution in [0, 0.1) is 10.1 Å². The van der Waals surface area contributed by atoms with Crippen LogP contribution in [0.5, 0.6) is 0 Å². The van der Waals surface area contributed by atoms with Crippen LogP contribution in [-0.2, 0) is 6.42 Å². The lowest BCUT2D eigenvalue weighted by Gasteiger charge is -2.12. The van der Waals surface area contributed by atoms with E-state index in [1.807, 2.05) is 12.1 Å². The van der Waals surface area contributed by atoms with Crippen LogP contribution in [0.2, 0.25) is 0 Å². The van der Waals surface area contributed by atoms with Gasteiger partial charge in [0.05, 0.1) is 4.92 Å². The van der Waals surface area contributed by atoms with Crippen molar-refractivity contribution in [1.82, 2.24) is 5.32 Å². The number of non-ortho nitro benzene ring substituents is 1. The van der Waals surface area contributed by atoms with Gasteiger partial charge in [-0.05, 0) is 31.9 Å². The highest BCUT2D eigenvalue weighted by Crippen LogP contribution is 2.12. The van der Waals surface area contributed by atoms with Gasteiger partial charge < -0.3 is 5.32 Å². The number of rotatable bonds is 8. The van der Waals surface area contributed by atoms with Gasteiger partial charge >= 0.3 is 0 Å². The monoisotopic (exact) mass is 250 g/mol. The van der Waals surface area contributed by atoms with Crippen molar-refractivity contribution in [3.8, 4) is 0 Å². The summed E-state index contributed by atoms with van der Waals surface area (Å²) in [5.41, 5.74) is 1.29. The predicted octanol–water partition coefficient (Wildman–Crippen LogP) is 3.31. The fourth-order valence-electron chi connectivity index (χ4n) is 1.86. The van der Waals surface area contributed by atoms with Crippen molar-refractivity contribution in [2.45, 2.75) is 45.6 Å². The molecule has 0 bridgehead atoms. The average molecular weight is 250 g/mol. The van der Waals surface area contributed by atoms with Crippen LogP contribution < -0.4 is 5.32 Å². The van der Waals surface area contributed by atoms with Gasteiger partial charge in [0.2, 0.25) is 0 Å². The van der Waals surface area contributed by atoms with Gasteiger partial charge in [0, 0.05) is 18.2 Å². The summed E-state index contributed by atoms with van der Waals surface area (Å²) < 4.78 is 0. The molecule has 1 aromatic rings. The molecule has 0 saturated heterocycles. The van der Waals surface area contributed by atoms with Gasteiger partial charge in [0.25, 0.3) is 5.69 Å². The lowest BCUT2D eigenvalue weighted by molar-refractivity contribution is -0.384. The number of nitrogens with zero attached hydrogens (tertiary/aromatic N) is 1. The summed E-state index contributed by atoms with van der Waals surface area (Å²) in [5, 5.41) is 14.0. The zero-order valence-corrected chi connectivity index (χ0v) is 11.2. The minimum Gasteiger partial charge on any atom is -0.314 e. The van der Waals surface area contributed by atoms with E-state index in [1.54, 1.807) is 12.1 Å². The van der Waals surface area contributed by atoms with E-state index in [0.717, 1.165) is 18.5 Å². The smallest absolute Gasteiger partial charge is 0.269 e. The second kappa shape index (κ2) is 7.82. The highest BCUT2D eigenvalue weighted by molar-refractivity contribution is 5.32. The third-order valence-corrected chi connectivity index (χ3v) is 3.04. The maximum absolute atomic E-state index is 10.5. The number of nitro groups is 1. The van der Waals surface area contributed by atoms with E-state index in [1.165, 1.54) is 19.3 Å². The van der Waals surface area contributed by atoms with Crippen LogP contribution in [0.4, 0.5) is 5.69 Å². The first kappa shape index (κ1) is 14.6. The molecule has 1 unspecified atom stereocenters. The second-order valence-electron chi connectivity index (χ2n) is 4.67. The van der Waals surface area contributed by atoms with E-state index in [0.29, 0.717) is 6.04 Å². The van der Waals surface area contributed by atoms with Crippen molar-refractivity contribution in [3.05, 3.63) is 39.9 Å². The Morgan fingerprint density at radius 2 is 2.00 bits per heavy atom. The molecule has 0 aliphatic heterocycles. The molecule has 0 aliphatic rings. The summed E-state index contributed by atoms with van der Waals surface area (Å²) in [5.74, 6) is 0. The molecule has 18 heavy (non-hydrogen) atoms. The van der Waals surface area contributed by atoms with Crippen LogP contribution in [0.3, 0.4) is 0 Å². The van der Waals surface area contributed by atoms with Crippen LogP contribution in [0.25, 0.3) is 0 Å². The Balaban J connectivity index is 2.29. The predicted molar refractivity (Wildman–Crippen MR) is 73.8 cm³/mol. The first-order valence-corrected chi connectivity index (χ1v) is 6.60. The van der Waals surface area contributed by atoms with Crippen molar-refractivity contribution < 1.29 is 4.92 Å². The number of benzene rings is 1. The van der Waals surface area contributed by atoms with E-state index in [2.05, 4.69) is 19.2 Å². The molecule has 1 aromatic carbocycles. The zero-order chi connectivity index (χ0) is 13.4. The van der Waals surface area contributed by atoms with Crippen molar-refractivity contribution in [2.75, 3.05) is 6.54 Å². The summed E-state index contributed by atoms with van der Waals surface area (Å²) in [6.45, 7) is 5.32. The van der Waals surface area contributed by atoms with Crippen molar-refractivity contribution >= 4 is 5.69 Å². The Kier molecular flexibility index (Phi) is 6.36. The summed E-state index contributed by atoms with van der Waals surface area (Å²) in [7, 11) is 0. The number of hydrogen-bond donors (Lipinski definition) is 1. The number of nitrogens with one attached hydrogen (secondary N) is 1. The summed E-state index contributed by atoms with van der Waals surface area (Å²) >= 11 is 0. The molecule has 0 heterocycles. The van der Waals surface area contributed by atoms with Crippen molar-refractivity contribution in [2.24, 2.45) is 0 Å². The Labute approximate surface area is 109 Å². The molecule has 0 aromatic heterocycles. The van der Waals surface area contributed by atoms with Crippen molar-refractivity contribution in [1.29, 1.82) is 0 Å². The van der Waals surface area contributed by atoms with Gasteiger partial charge in [-0.2, -0.15) is 0 Å². The number of hydrogen-bond acceptors (Lipinski definition) is 3. The van der Waals surface area contributed by atoms with Crippen molar-refractivity contribution in [3.63, 3.8) is 0 Å². The van der Waals surface area contributed by atoms with E-state index in [9.17, 15) is 10.1 Å². The summed E-state index contributed by atoms with van der Waals surface area (Å²) in [6.07, 6.45) is 4.60. The summed E-state index contributed by atoms with van der Waals surface area (Å²) in [4.78, 5) is 10.1. The molecule has 0 radical (unpaired) electrons. The van der Waals surface area contributed by atoms with Gasteiger partial charge in [-0.1, -0.05) is 31.9 Å². The highest BCUT2D eigenvalue weighted by atomic mass is 16.6.